The fourth-order valence-corrected chi connectivity index (χ4v) is 1.98. The molecule has 0 atom stereocenters. The van der Waals surface area contributed by atoms with E-state index < -0.39 is 4.92 Å². The van der Waals surface area contributed by atoms with Gasteiger partial charge in [0.05, 0.1) is 12.0 Å². The fraction of sp³-hybridized carbons (Fsp3) is 0.200. The number of benzene rings is 2. The second-order valence-corrected chi connectivity index (χ2v) is 4.46. The van der Waals surface area contributed by atoms with E-state index in [9.17, 15) is 10.1 Å². The Balaban J connectivity index is 2.07. The van der Waals surface area contributed by atoms with Crippen LogP contribution in [0.5, 0.6) is 5.75 Å². The summed E-state index contributed by atoms with van der Waals surface area (Å²) in [6, 6.07) is 12.4. The summed E-state index contributed by atoms with van der Waals surface area (Å²) < 4.78 is 5.21. The Hall–Kier alpha value is -2.56. The zero-order valence-electron chi connectivity index (χ0n) is 11.4. The van der Waals surface area contributed by atoms with Crippen molar-refractivity contribution in [2.24, 2.45) is 0 Å². The first-order chi connectivity index (χ1) is 9.60. The summed E-state index contributed by atoms with van der Waals surface area (Å²) >= 11 is 0. The number of hydrogen-bond donors (Lipinski definition) is 1. The highest BCUT2D eigenvalue weighted by molar-refractivity contribution is 5.51. The molecule has 0 radical (unpaired) electrons. The number of aryl methyl sites for hydroxylation is 1. The molecule has 0 saturated carbocycles. The summed E-state index contributed by atoms with van der Waals surface area (Å²) in [5, 5.41) is 13.9. The number of ether oxygens (including phenoxy) is 1. The number of nitrogens with zero attached hydrogens (tertiary/aromatic N) is 1. The van der Waals surface area contributed by atoms with E-state index in [-0.39, 0.29) is 5.69 Å². The third kappa shape index (κ3) is 3.26. The second-order valence-electron chi connectivity index (χ2n) is 4.46. The van der Waals surface area contributed by atoms with Crippen molar-refractivity contribution in [2.45, 2.75) is 13.5 Å². The summed E-state index contributed by atoms with van der Waals surface area (Å²) in [6.45, 7) is 2.59. The molecule has 0 unspecified atom stereocenters. The maximum absolute atomic E-state index is 10.7. The molecule has 0 bridgehead atoms. The first-order valence-electron chi connectivity index (χ1n) is 6.22. The predicted octanol–water partition coefficient (Wildman–Crippen LogP) is 3.52. The molecule has 0 aliphatic rings. The molecule has 0 spiro atoms. The van der Waals surface area contributed by atoms with Crippen molar-refractivity contribution >= 4 is 11.4 Å². The van der Waals surface area contributed by atoms with Crippen LogP contribution in [0.3, 0.4) is 0 Å². The Bertz CT molecular complexity index is 626. The zero-order chi connectivity index (χ0) is 14.5. The van der Waals surface area contributed by atoms with Gasteiger partial charge in [-0.05, 0) is 30.2 Å². The topological polar surface area (TPSA) is 64.4 Å². The maximum atomic E-state index is 10.7. The van der Waals surface area contributed by atoms with E-state index in [1.54, 1.807) is 13.2 Å². The van der Waals surface area contributed by atoms with Crippen LogP contribution in [0.1, 0.15) is 11.1 Å². The number of rotatable bonds is 5. The molecule has 2 rings (SSSR count). The molecule has 2 aromatic rings. The van der Waals surface area contributed by atoms with Gasteiger partial charge in [0.15, 0.2) is 0 Å². The van der Waals surface area contributed by atoms with Crippen LogP contribution in [0.2, 0.25) is 0 Å². The summed E-state index contributed by atoms with van der Waals surface area (Å²) in [7, 11) is 1.64. The molecule has 0 saturated heterocycles. The number of nitro benzene ring substituents is 1. The lowest BCUT2D eigenvalue weighted by molar-refractivity contribution is -0.384. The summed E-state index contributed by atoms with van der Waals surface area (Å²) in [5.41, 5.74) is 2.97. The Morgan fingerprint density at radius 2 is 2.05 bits per heavy atom. The Morgan fingerprint density at radius 1 is 1.25 bits per heavy atom. The van der Waals surface area contributed by atoms with Gasteiger partial charge in [0.1, 0.15) is 5.75 Å². The predicted molar refractivity (Wildman–Crippen MR) is 78.2 cm³/mol. The van der Waals surface area contributed by atoms with Crippen molar-refractivity contribution < 1.29 is 9.66 Å². The standard InChI is InChI=1S/C15H16N2O3/c1-11-8-12(6-7-15(11)20-2)10-16-13-4-3-5-14(9-13)17(18)19/h3-9,16H,10H2,1-2H3. The summed E-state index contributed by atoms with van der Waals surface area (Å²) in [6.07, 6.45) is 0. The van der Waals surface area contributed by atoms with Gasteiger partial charge >= 0.3 is 0 Å². The minimum atomic E-state index is -0.400. The normalized spacial score (nSPS) is 10.1. The van der Waals surface area contributed by atoms with E-state index >= 15 is 0 Å². The van der Waals surface area contributed by atoms with Crippen molar-refractivity contribution in [3.05, 3.63) is 63.7 Å². The Kier molecular flexibility index (Phi) is 4.20. The lowest BCUT2D eigenvalue weighted by Crippen LogP contribution is -2.00. The van der Waals surface area contributed by atoms with Crippen molar-refractivity contribution in [3.63, 3.8) is 0 Å². The van der Waals surface area contributed by atoms with Gasteiger partial charge < -0.3 is 10.1 Å². The molecular formula is C15H16N2O3. The monoisotopic (exact) mass is 272 g/mol. The second kappa shape index (κ2) is 6.06. The molecule has 104 valence electrons. The van der Waals surface area contributed by atoms with Gasteiger partial charge in [0, 0.05) is 24.4 Å². The number of hydrogen-bond acceptors (Lipinski definition) is 4. The largest absolute Gasteiger partial charge is 0.496 e. The molecule has 1 N–H and O–H groups in total. The number of non-ortho nitro benzene ring substituents is 1. The van der Waals surface area contributed by atoms with Gasteiger partial charge in [-0.25, -0.2) is 0 Å². The van der Waals surface area contributed by atoms with Gasteiger partial charge in [-0.3, -0.25) is 10.1 Å². The van der Waals surface area contributed by atoms with Crippen molar-refractivity contribution in [1.82, 2.24) is 0 Å². The van der Waals surface area contributed by atoms with E-state index in [1.165, 1.54) is 12.1 Å². The van der Waals surface area contributed by atoms with E-state index in [2.05, 4.69) is 5.32 Å². The van der Waals surface area contributed by atoms with Crippen LogP contribution in [0.15, 0.2) is 42.5 Å². The third-order valence-electron chi connectivity index (χ3n) is 3.01. The summed E-state index contributed by atoms with van der Waals surface area (Å²) in [4.78, 5) is 10.3. The highest BCUT2D eigenvalue weighted by Gasteiger charge is 2.05. The van der Waals surface area contributed by atoms with Gasteiger partial charge in [0.25, 0.3) is 5.69 Å². The lowest BCUT2D eigenvalue weighted by Gasteiger charge is -2.09. The molecule has 2 aromatic carbocycles. The highest BCUT2D eigenvalue weighted by Crippen LogP contribution is 2.21. The van der Waals surface area contributed by atoms with Crippen LogP contribution >= 0.6 is 0 Å². The SMILES string of the molecule is COc1ccc(CNc2cccc([N+](=O)[O-])c2)cc1C. The molecular weight excluding hydrogens is 256 g/mol. The minimum Gasteiger partial charge on any atom is -0.496 e. The molecule has 20 heavy (non-hydrogen) atoms. The first kappa shape index (κ1) is 13.9. The molecule has 0 fully saturated rings. The molecule has 0 aromatic heterocycles. The first-order valence-corrected chi connectivity index (χ1v) is 6.22. The van der Waals surface area contributed by atoms with Crippen molar-refractivity contribution in [2.75, 3.05) is 12.4 Å². The number of anilines is 1. The smallest absolute Gasteiger partial charge is 0.271 e. The van der Waals surface area contributed by atoms with Gasteiger partial charge in [0.2, 0.25) is 0 Å². The van der Waals surface area contributed by atoms with E-state index in [1.807, 2.05) is 31.2 Å². The van der Waals surface area contributed by atoms with Crippen LogP contribution in [0, 0.1) is 17.0 Å². The maximum Gasteiger partial charge on any atom is 0.271 e. The van der Waals surface area contributed by atoms with Gasteiger partial charge in [-0.15, -0.1) is 0 Å². The molecule has 0 aliphatic carbocycles. The van der Waals surface area contributed by atoms with Crippen LogP contribution in [0.25, 0.3) is 0 Å². The Labute approximate surface area is 117 Å². The highest BCUT2D eigenvalue weighted by atomic mass is 16.6. The molecule has 0 aliphatic heterocycles. The average molecular weight is 272 g/mol. The number of nitrogens with one attached hydrogen (secondary N) is 1. The van der Waals surface area contributed by atoms with Crippen molar-refractivity contribution in [1.29, 1.82) is 0 Å². The lowest BCUT2D eigenvalue weighted by atomic mass is 10.1. The molecule has 0 amide bonds. The quantitative estimate of drug-likeness (QED) is 0.668. The van der Waals surface area contributed by atoms with Crippen LogP contribution in [0.4, 0.5) is 11.4 Å². The number of nitro groups is 1. The third-order valence-corrected chi connectivity index (χ3v) is 3.01. The van der Waals surface area contributed by atoms with E-state index in [4.69, 9.17) is 4.74 Å². The van der Waals surface area contributed by atoms with E-state index in [0.29, 0.717) is 6.54 Å². The molecule has 0 heterocycles. The van der Waals surface area contributed by atoms with Crippen molar-refractivity contribution in [3.8, 4) is 5.75 Å². The molecule has 5 nitrogen and oxygen atoms in total. The number of methoxy groups -OCH3 is 1. The van der Waals surface area contributed by atoms with Crippen LogP contribution in [-0.2, 0) is 6.54 Å². The average Bonchev–Trinajstić information content (AvgIpc) is 2.45. The Morgan fingerprint density at radius 3 is 2.70 bits per heavy atom. The minimum absolute atomic E-state index is 0.0842. The van der Waals surface area contributed by atoms with Gasteiger partial charge in [-0.1, -0.05) is 18.2 Å². The summed E-state index contributed by atoms with van der Waals surface area (Å²) in [5.74, 6) is 0.851. The zero-order valence-corrected chi connectivity index (χ0v) is 11.4. The van der Waals surface area contributed by atoms with Crippen LogP contribution in [-0.4, -0.2) is 12.0 Å². The van der Waals surface area contributed by atoms with Crippen LogP contribution < -0.4 is 10.1 Å². The fourth-order valence-electron chi connectivity index (χ4n) is 1.98. The van der Waals surface area contributed by atoms with Gasteiger partial charge in [-0.2, -0.15) is 0 Å². The van der Waals surface area contributed by atoms with E-state index in [0.717, 1.165) is 22.6 Å². The molecule has 5 heteroatoms.